The molecule has 0 radical (unpaired) electrons. The third kappa shape index (κ3) is 3.81. The van der Waals surface area contributed by atoms with Crippen molar-refractivity contribution in [1.82, 2.24) is 9.04 Å². The lowest BCUT2D eigenvalue weighted by molar-refractivity contribution is -0.198. The summed E-state index contributed by atoms with van der Waals surface area (Å²) in [4.78, 5) is 30.8. The minimum atomic E-state index is -3.91. The monoisotopic (exact) mass is 474 g/mol. The second kappa shape index (κ2) is 8.55. The van der Waals surface area contributed by atoms with E-state index in [0.717, 1.165) is 10.6 Å². The van der Waals surface area contributed by atoms with Crippen LogP contribution in [0.5, 0.6) is 0 Å². The maximum atomic E-state index is 13.6. The lowest BCUT2D eigenvalue weighted by Crippen LogP contribution is -2.31. The van der Waals surface area contributed by atoms with Crippen molar-refractivity contribution in [2.75, 3.05) is 0 Å². The Morgan fingerprint density at radius 1 is 0.824 bits per heavy atom. The fourth-order valence-corrected chi connectivity index (χ4v) is 5.49. The third-order valence-corrected chi connectivity index (χ3v) is 7.58. The van der Waals surface area contributed by atoms with Gasteiger partial charge in [0, 0.05) is 30.0 Å². The number of amides is 2. The van der Waals surface area contributed by atoms with Crippen LogP contribution in [0.1, 0.15) is 35.6 Å². The number of carbonyl (C=O) groups is 2. The van der Waals surface area contributed by atoms with Gasteiger partial charge >= 0.3 is 0 Å². The van der Waals surface area contributed by atoms with Gasteiger partial charge < -0.3 is 0 Å². The van der Waals surface area contributed by atoms with E-state index in [1.165, 1.54) is 10.2 Å². The van der Waals surface area contributed by atoms with E-state index in [9.17, 15) is 18.0 Å². The lowest BCUT2D eigenvalue weighted by Gasteiger charge is -2.22. The van der Waals surface area contributed by atoms with Crippen molar-refractivity contribution in [2.45, 2.75) is 30.8 Å². The maximum Gasteiger partial charge on any atom is 0.268 e. The molecule has 0 saturated carbocycles. The van der Waals surface area contributed by atoms with Crippen molar-refractivity contribution in [2.24, 2.45) is 0 Å². The van der Waals surface area contributed by atoms with E-state index < -0.39 is 27.9 Å². The number of fused-ring (bicyclic) bond motifs is 1. The summed E-state index contributed by atoms with van der Waals surface area (Å²) in [5.41, 5.74) is 2.65. The van der Waals surface area contributed by atoms with E-state index in [1.54, 1.807) is 42.5 Å². The van der Waals surface area contributed by atoms with Crippen LogP contribution in [-0.4, -0.2) is 29.3 Å². The number of hydrogen-bond acceptors (Lipinski definition) is 5. The van der Waals surface area contributed by atoms with Crippen LogP contribution in [0, 0.1) is 6.92 Å². The number of aryl methyl sites for hydroxylation is 1. The molecule has 8 heteroatoms. The van der Waals surface area contributed by atoms with E-state index in [1.807, 2.05) is 43.3 Å². The number of para-hydroxylation sites is 1. The zero-order valence-electron chi connectivity index (χ0n) is 18.4. The van der Waals surface area contributed by atoms with Crippen molar-refractivity contribution in [1.29, 1.82) is 0 Å². The normalized spacial score (nSPS) is 15.3. The van der Waals surface area contributed by atoms with Crippen molar-refractivity contribution in [3.05, 3.63) is 102 Å². The molecule has 0 bridgehead atoms. The van der Waals surface area contributed by atoms with Gasteiger partial charge in [0.05, 0.1) is 10.4 Å². The molecule has 1 atom stereocenters. The van der Waals surface area contributed by atoms with E-state index >= 15 is 0 Å². The Labute approximate surface area is 197 Å². The first-order valence-corrected chi connectivity index (χ1v) is 12.3. The van der Waals surface area contributed by atoms with Crippen LogP contribution in [0.4, 0.5) is 0 Å². The topological polar surface area (TPSA) is 85.7 Å². The van der Waals surface area contributed by atoms with Gasteiger partial charge in [-0.1, -0.05) is 66.2 Å². The van der Waals surface area contributed by atoms with Gasteiger partial charge in [-0.3, -0.25) is 14.4 Å². The molecular weight excluding hydrogens is 452 g/mol. The summed E-state index contributed by atoms with van der Waals surface area (Å²) in [6.07, 6.45) is 0.822. The SMILES string of the molecule is Cc1ccc(S(=O)(=O)n2cc(C(ON3C(=O)CCC3=O)c3ccccc3)c3ccccc32)cc1. The zero-order chi connectivity index (χ0) is 23.9. The van der Waals surface area contributed by atoms with Crippen molar-refractivity contribution in [3.8, 4) is 0 Å². The highest BCUT2D eigenvalue weighted by atomic mass is 32.2. The van der Waals surface area contributed by atoms with E-state index in [0.29, 0.717) is 22.0 Å². The molecule has 5 rings (SSSR count). The van der Waals surface area contributed by atoms with Gasteiger partial charge in [0.2, 0.25) is 0 Å². The molecular formula is C26H22N2O5S. The number of hydroxylamine groups is 2. The molecule has 1 aliphatic heterocycles. The van der Waals surface area contributed by atoms with Crippen LogP contribution in [0.25, 0.3) is 10.9 Å². The molecule has 7 nitrogen and oxygen atoms in total. The second-order valence-corrected chi connectivity index (χ2v) is 10.0. The number of hydrogen-bond donors (Lipinski definition) is 0. The minimum absolute atomic E-state index is 0.0872. The van der Waals surface area contributed by atoms with Gasteiger partial charge in [-0.05, 0) is 30.7 Å². The molecule has 34 heavy (non-hydrogen) atoms. The molecule has 4 aromatic rings. The van der Waals surface area contributed by atoms with Crippen LogP contribution >= 0.6 is 0 Å². The number of rotatable bonds is 6. The van der Waals surface area contributed by atoms with Gasteiger partial charge in [0.15, 0.2) is 0 Å². The third-order valence-electron chi connectivity index (χ3n) is 5.89. The van der Waals surface area contributed by atoms with Crippen LogP contribution in [0.2, 0.25) is 0 Å². The molecule has 0 N–H and O–H groups in total. The molecule has 3 aromatic carbocycles. The van der Waals surface area contributed by atoms with E-state index in [4.69, 9.17) is 4.84 Å². The standard InChI is InChI=1S/C26H22N2O5S/c1-18-11-13-20(14-12-18)34(31,32)27-17-22(21-9-5-6-10-23(21)27)26(19-7-3-2-4-8-19)33-28-24(29)15-16-25(28)30/h2-14,17,26H,15-16H2,1H3. The summed E-state index contributed by atoms with van der Waals surface area (Å²) in [5, 5.41) is 1.45. The molecule has 0 aliphatic carbocycles. The first-order valence-electron chi connectivity index (χ1n) is 10.9. The van der Waals surface area contributed by atoms with Gasteiger partial charge in [-0.15, -0.1) is 0 Å². The van der Waals surface area contributed by atoms with Crippen molar-refractivity contribution in [3.63, 3.8) is 0 Å². The Morgan fingerprint density at radius 2 is 1.44 bits per heavy atom. The van der Waals surface area contributed by atoms with Gasteiger partial charge in [0.1, 0.15) is 6.10 Å². The highest BCUT2D eigenvalue weighted by Crippen LogP contribution is 2.36. The van der Waals surface area contributed by atoms with Gasteiger partial charge in [-0.25, -0.2) is 12.4 Å². The summed E-state index contributed by atoms with van der Waals surface area (Å²) in [5.74, 6) is -0.830. The van der Waals surface area contributed by atoms with E-state index in [-0.39, 0.29) is 17.7 Å². The number of imide groups is 1. The molecule has 172 valence electrons. The van der Waals surface area contributed by atoms with Gasteiger partial charge in [0.25, 0.3) is 21.8 Å². The van der Waals surface area contributed by atoms with Crippen molar-refractivity contribution >= 4 is 32.7 Å². The number of benzene rings is 3. The molecule has 1 fully saturated rings. The largest absolute Gasteiger partial charge is 0.272 e. The van der Waals surface area contributed by atoms with Crippen LogP contribution in [0.3, 0.4) is 0 Å². The predicted octanol–water partition coefficient (Wildman–Crippen LogP) is 4.36. The Balaban J connectivity index is 1.69. The Bertz CT molecular complexity index is 1480. The summed E-state index contributed by atoms with van der Waals surface area (Å²) < 4.78 is 28.4. The Kier molecular flexibility index (Phi) is 5.55. The number of nitrogens with zero attached hydrogens (tertiary/aromatic N) is 2. The smallest absolute Gasteiger partial charge is 0.268 e. The average Bonchev–Trinajstić information content (AvgIpc) is 3.39. The van der Waals surface area contributed by atoms with Gasteiger partial charge in [-0.2, -0.15) is 5.06 Å². The highest BCUT2D eigenvalue weighted by Gasteiger charge is 2.35. The maximum absolute atomic E-state index is 13.6. The Hall–Kier alpha value is -3.75. The molecule has 1 saturated heterocycles. The molecule has 0 spiro atoms. The average molecular weight is 475 g/mol. The van der Waals surface area contributed by atoms with E-state index in [2.05, 4.69) is 0 Å². The summed E-state index contributed by atoms with van der Waals surface area (Å²) in [7, 11) is -3.91. The molecule has 1 aromatic heterocycles. The van der Waals surface area contributed by atoms with Crippen LogP contribution in [0.15, 0.2) is 90.0 Å². The van der Waals surface area contributed by atoms with Crippen molar-refractivity contribution < 1.29 is 22.8 Å². The molecule has 2 heterocycles. The number of aromatic nitrogens is 1. The fraction of sp³-hybridized carbons (Fsp3) is 0.154. The second-order valence-electron chi connectivity index (χ2n) is 8.19. The van der Waals surface area contributed by atoms with Crippen LogP contribution < -0.4 is 0 Å². The van der Waals surface area contributed by atoms with Crippen LogP contribution in [-0.2, 0) is 24.4 Å². The minimum Gasteiger partial charge on any atom is -0.272 e. The zero-order valence-corrected chi connectivity index (χ0v) is 19.2. The molecule has 1 unspecified atom stereocenters. The first kappa shape index (κ1) is 22.1. The first-order chi connectivity index (χ1) is 16.4. The molecule has 1 aliphatic rings. The number of carbonyl (C=O) groups excluding carboxylic acids is 2. The fourth-order valence-electron chi connectivity index (χ4n) is 4.11. The lowest BCUT2D eigenvalue weighted by atomic mass is 10.0. The summed E-state index contributed by atoms with van der Waals surface area (Å²) >= 11 is 0. The quantitative estimate of drug-likeness (QED) is 0.388. The summed E-state index contributed by atoms with van der Waals surface area (Å²) in [6, 6.07) is 22.9. The Morgan fingerprint density at radius 3 is 2.12 bits per heavy atom. The summed E-state index contributed by atoms with van der Waals surface area (Å²) in [6.45, 7) is 1.89. The predicted molar refractivity (Wildman–Crippen MR) is 126 cm³/mol. The molecule has 2 amide bonds. The highest BCUT2D eigenvalue weighted by molar-refractivity contribution is 7.90.